The van der Waals surface area contributed by atoms with Crippen molar-refractivity contribution in [1.29, 1.82) is 0 Å². The Kier molecular flexibility index (Phi) is 3.99. The minimum Gasteiger partial charge on any atom is -0.481 e. The molecule has 0 radical (unpaired) electrons. The highest BCUT2D eigenvalue weighted by molar-refractivity contribution is 7.99. The Bertz CT molecular complexity index is 670. The van der Waals surface area contributed by atoms with Gasteiger partial charge in [-0.1, -0.05) is 17.8 Å². The number of nitro groups is 1. The van der Waals surface area contributed by atoms with Crippen LogP contribution in [0, 0.1) is 17.0 Å². The van der Waals surface area contributed by atoms with E-state index < -0.39 is 10.9 Å². The summed E-state index contributed by atoms with van der Waals surface area (Å²) >= 11 is 0.887. The van der Waals surface area contributed by atoms with E-state index in [1.807, 2.05) is 0 Å². The summed E-state index contributed by atoms with van der Waals surface area (Å²) < 4.78 is 5.29. The molecule has 0 unspecified atom stereocenters. The van der Waals surface area contributed by atoms with E-state index in [1.54, 1.807) is 13.0 Å². The molecule has 1 aromatic heterocycles. The summed E-state index contributed by atoms with van der Waals surface area (Å²) in [5.74, 6) is -1.07. The number of carboxylic acid groups (broad SMARTS) is 1. The monoisotopic (exact) mass is 295 g/mol. The molecule has 0 fully saturated rings. The molecule has 0 amide bonds. The van der Waals surface area contributed by atoms with Crippen LogP contribution in [0.15, 0.2) is 27.8 Å². The first kappa shape index (κ1) is 14.0. The molecular weight excluding hydrogens is 286 g/mol. The first-order valence-corrected chi connectivity index (χ1v) is 6.40. The number of nitrogens with zero attached hydrogens (tertiary/aromatic N) is 3. The molecule has 0 aliphatic rings. The van der Waals surface area contributed by atoms with Gasteiger partial charge in [-0.25, -0.2) is 0 Å². The van der Waals surface area contributed by atoms with E-state index in [4.69, 9.17) is 9.52 Å². The number of hydrogen-bond acceptors (Lipinski definition) is 7. The third-order valence-electron chi connectivity index (χ3n) is 2.46. The van der Waals surface area contributed by atoms with Crippen molar-refractivity contribution >= 4 is 23.4 Å². The van der Waals surface area contributed by atoms with Gasteiger partial charge in [0.1, 0.15) is 5.75 Å². The van der Waals surface area contributed by atoms with Crippen LogP contribution in [-0.4, -0.2) is 31.9 Å². The van der Waals surface area contributed by atoms with Gasteiger partial charge in [0.15, 0.2) is 0 Å². The normalized spacial score (nSPS) is 10.4. The highest BCUT2D eigenvalue weighted by Crippen LogP contribution is 2.30. The molecule has 8 nitrogen and oxygen atoms in total. The summed E-state index contributed by atoms with van der Waals surface area (Å²) in [7, 11) is 0. The number of thioether (sulfide) groups is 1. The topological polar surface area (TPSA) is 119 Å². The average molecular weight is 295 g/mol. The minimum absolute atomic E-state index is 0.0413. The van der Waals surface area contributed by atoms with Crippen LogP contribution in [0.1, 0.15) is 5.56 Å². The lowest BCUT2D eigenvalue weighted by atomic mass is 10.1. The number of hydrogen-bond donors (Lipinski definition) is 1. The number of aromatic nitrogens is 2. The second kappa shape index (κ2) is 5.70. The van der Waals surface area contributed by atoms with Gasteiger partial charge in [0, 0.05) is 17.2 Å². The van der Waals surface area contributed by atoms with Gasteiger partial charge < -0.3 is 9.52 Å². The summed E-state index contributed by atoms with van der Waals surface area (Å²) in [5, 5.41) is 27.0. The summed E-state index contributed by atoms with van der Waals surface area (Å²) in [6.07, 6.45) is 0. The molecule has 0 saturated heterocycles. The van der Waals surface area contributed by atoms with Gasteiger partial charge >= 0.3 is 5.97 Å². The van der Waals surface area contributed by atoms with Crippen LogP contribution >= 0.6 is 11.8 Å². The zero-order chi connectivity index (χ0) is 14.7. The Morgan fingerprint density at radius 2 is 2.25 bits per heavy atom. The molecule has 0 aliphatic carbocycles. The van der Waals surface area contributed by atoms with Gasteiger partial charge in [-0.05, 0) is 13.0 Å². The summed E-state index contributed by atoms with van der Waals surface area (Å²) in [5.41, 5.74) is 0.824. The average Bonchev–Trinajstić information content (AvgIpc) is 2.85. The Balaban J connectivity index is 2.30. The Morgan fingerprint density at radius 1 is 1.50 bits per heavy atom. The molecule has 2 aromatic rings. The molecular formula is C11H9N3O5S. The van der Waals surface area contributed by atoms with Crippen molar-refractivity contribution < 1.29 is 19.2 Å². The number of carbonyl (C=O) groups is 1. The highest BCUT2D eigenvalue weighted by atomic mass is 32.2. The number of rotatable bonds is 5. The van der Waals surface area contributed by atoms with E-state index in [2.05, 4.69) is 10.2 Å². The molecule has 2 rings (SSSR count). The van der Waals surface area contributed by atoms with Gasteiger partial charge in [0.2, 0.25) is 5.89 Å². The van der Waals surface area contributed by atoms with Crippen LogP contribution in [0.5, 0.6) is 0 Å². The molecule has 0 aliphatic heterocycles. The predicted octanol–water partition coefficient (Wildman–Crippen LogP) is 2.13. The fourth-order valence-corrected chi connectivity index (χ4v) is 2.04. The number of carboxylic acids is 1. The van der Waals surface area contributed by atoms with E-state index in [9.17, 15) is 14.9 Å². The standard InChI is InChI=1S/C11H9N3O5S/c1-6-7(3-2-4-8(6)14(17)18)10-12-13-11(19-10)20-5-9(15)16/h2-4H,5H2,1H3,(H,15,16). The zero-order valence-electron chi connectivity index (χ0n) is 10.3. The van der Waals surface area contributed by atoms with Gasteiger partial charge in [0.25, 0.3) is 10.9 Å². The third-order valence-corrected chi connectivity index (χ3v) is 3.26. The van der Waals surface area contributed by atoms with E-state index in [1.165, 1.54) is 12.1 Å². The Hall–Kier alpha value is -2.42. The maximum Gasteiger partial charge on any atom is 0.314 e. The lowest BCUT2D eigenvalue weighted by molar-refractivity contribution is -0.385. The molecule has 9 heteroatoms. The van der Waals surface area contributed by atoms with E-state index >= 15 is 0 Å². The van der Waals surface area contributed by atoms with Crippen molar-refractivity contribution in [1.82, 2.24) is 10.2 Å². The van der Waals surface area contributed by atoms with Gasteiger partial charge in [-0.3, -0.25) is 14.9 Å². The largest absolute Gasteiger partial charge is 0.481 e. The van der Waals surface area contributed by atoms with E-state index in [0.717, 1.165) is 11.8 Å². The van der Waals surface area contributed by atoms with Crippen LogP contribution < -0.4 is 0 Å². The van der Waals surface area contributed by atoms with E-state index in [-0.39, 0.29) is 22.6 Å². The summed E-state index contributed by atoms with van der Waals surface area (Å²) in [6, 6.07) is 4.53. The molecule has 0 saturated carbocycles. The van der Waals surface area contributed by atoms with Gasteiger partial charge in [-0.15, -0.1) is 10.2 Å². The van der Waals surface area contributed by atoms with Crippen molar-refractivity contribution in [3.05, 3.63) is 33.9 Å². The molecule has 1 heterocycles. The van der Waals surface area contributed by atoms with Gasteiger partial charge in [0.05, 0.1) is 4.92 Å². The predicted molar refractivity (Wildman–Crippen MR) is 69.5 cm³/mol. The maximum absolute atomic E-state index is 10.9. The third kappa shape index (κ3) is 2.94. The quantitative estimate of drug-likeness (QED) is 0.506. The Morgan fingerprint density at radius 3 is 2.90 bits per heavy atom. The van der Waals surface area contributed by atoms with Crippen molar-refractivity contribution in [2.45, 2.75) is 12.1 Å². The second-order valence-electron chi connectivity index (χ2n) is 3.76. The summed E-state index contributed by atoms with van der Waals surface area (Å²) in [4.78, 5) is 20.8. The van der Waals surface area contributed by atoms with Crippen LogP contribution in [0.4, 0.5) is 5.69 Å². The molecule has 0 bridgehead atoms. The van der Waals surface area contributed by atoms with Crippen LogP contribution in [0.3, 0.4) is 0 Å². The van der Waals surface area contributed by atoms with E-state index in [0.29, 0.717) is 11.1 Å². The minimum atomic E-state index is -0.999. The fourth-order valence-electron chi connectivity index (χ4n) is 1.55. The lowest BCUT2D eigenvalue weighted by Gasteiger charge is -2.01. The molecule has 1 aromatic carbocycles. The number of nitro benzene ring substituents is 1. The number of benzene rings is 1. The first-order valence-electron chi connectivity index (χ1n) is 5.41. The van der Waals surface area contributed by atoms with Crippen molar-refractivity contribution in [2.75, 3.05) is 5.75 Å². The first-order chi connectivity index (χ1) is 9.49. The van der Waals surface area contributed by atoms with Crippen LogP contribution in [0.2, 0.25) is 0 Å². The van der Waals surface area contributed by atoms with Crippen molar-refractivity contribution in [3.63, 3.8) is 0 Å². The van der Waals surface area contributed by atoms with Crippen LogP contribution in [0.25, 0.3) is 11.5 Å². The Labute approximate surface area is 117 Å². The van der Waals surface area contributed by atoms with Crippen LogP contribution in [-0.2, 0) is 4.79 Å². The zero-order valence-corrected chi connectivity index (χ0v) is 11.1. The molecule has 104 valence electrons. The molecule has 1 N–H and O–H groups in total. The van der Waals surface area contributed by atoms with Gasteiger partial charge in [-0.2, -0.15) is 0 Å². The highest BCUT2D eigenvalue weighted by Gasteiger charge is 2.18. The summed E-state index contributed by atoms with van der Waals surface area (Å²) in [6.45, 7) is 1.59. The maximum atomic E-state index is 10.9. The fraction of sp³-hybridized carbons (Fsp3) is 0.182. The lowest BCUT2D eigenvalue weighted by Crippen LogP contribution is -1.97. The second-order valence-corrected chi connectivity index (χ2v) is 4.69. The van der Waals surface area contributed by atoms with Crippen molar-refractivity contribution in [2.24, 2.45) is 0 Å². The SMILES string of the molecule is Cc1c(-c2nnc(SCC(=O)O)o2)cccc1[N+](=O)[O-]. The molecule has 20 heavy (non-hydrogen) atoms. The number of aliphatic carboxylic acids is 1. The smallest absolute Gasteiger partial charge is 0.314 e. The molecule has 0 atom stereocenters. The van der Waals surface area contributed by atoms with Crippen molar-refractivity contribution in [3.8, 4) is 11.5 Å². The molecule has 0 spiro atoms.